The normalized spacial score (nSPS) is 11.0. The summed E-state index contributed by atoms with van der Waals surface area (Å²) >= 11 is 0. The summed E-state index contributed by atoms with van der Waals surface area (Å²) in [6.07, 6.45) is 0. The molecule has 3 rings (SSSR count). The lowest BCUT2D eigenvalue weighted by atomic mass is 10.0. The molecule has 0 spiro atoms. The van der Waals surface area contributed by atoms with Crippen LogP contribution < -0.4 is 10.5 Å². The highest BCUT2D eigenvalue weighted by molar-refractivity contribution is 6.06. The van der Waals surface area contributed by atoms with E-state index in [1.54, 1.807) is 30.3 Å². The number of phenolic OH excluding ortho intramolecular Hbond substituents is 1. The average molecular weight is 363 g/mol. The minimum atomic E-state index is -0.668. The second kappa shape index (κ2) is 7.25. The second-order valence-electron chi connectivity index (χ2n) is 5.85. The molecule has 7 heteroatoms. The maximum Gasteiger partial charge on any atom is 0.250 e. The number of ketones is 1. The van der Waals surface area contributed by atoms with Crippen LogP contribution in [0.1, 0.15) is 27.6 Å². The van der Waals surface area contributed by atoms with Gasteiger partial charge in [0.1, 0.15) is 17.1 Å². The van der Waals surface area contributed by atoms with Crippen molar-refractivity contribution >= 4 is 33.8 Å². The molecule has 0 saturated heterocycles. The van der Waals surface area contributed by atoms with Gasteiger partial charge in [-0.3, -0.25) is 9.59 Å². The van der Waals surface area contributed by atoms with E-state index in [0.29, 0.717) is 11.1 Å². The Balaban J connectivity index is 2.21. The van der Waals surface area contributed by atoms with Crippen LogP contribution in [-0.4, -0.2) is 23.9 Å². The number of methoxy groups -OCH3 is 1. The number of primary amides is 1. The van der Waals surface area contributed by atoms with Gasteiger partial charge in [0.25, 0.3) is 5.91 Å². The summed E-state index contributed by atoms with van der Waals surface area (Å²) in [5.74, 6) is -0.763. The van der Waals surface area contributed by atoms with Crippen molar-refractivity contribution in [3.8, 4) is 11.5 Å². The van der Waals surface area contributed by atoms with Crippen molar-refractivity contribution in [1.82, 2.24) is 0 Å². The zero-order chi connectivity index (χ0) is 19.6. The van der Waals surface area contributed by atoms with E-state index in [-0.39, 0.29) is 34.0 Å². The predicted octanol–water partition coefficient (Wildman–Crippen LogP) is 4.27. The molecule has 0 aliphatic rings. The van der Waals surface area contributed by atoms with Crippen molar-refractivity contribution in [1.29, 1.82) is 0 Å². The molecule has 0 atom stereocenters. The van der Waals surface area contributed by atoms with E-state index in [2.05, 4.69) is 10.2 Å². The number of ether oxygens (including phenoxy) is 1. The van der Waals surface area contributed by atoms with Gasteiger partial charge in [-0.15, -0.1) is 10.2 Å². The standard InChI is InChI=1S/C20H17N3O4/c1-11(24)16-9-12-5-3-4-6-14(12)18(19(16)25)23-22-17-10-13(27-2)7-8-15(17)20(21)26/h3-10,25H,1-2H3,(H2,21,26). The Labute approximate surface area is 155 Å². The highest BCUT2D eigenvalue weighted by Crippen LogP contribution is 2.40. The van der Waals surface area contributed by atoms with Crippen molar-refractivity contribution < 1.29 is 19.4 Å². The summed E-state index contributed by atoms with van der Waals surface area (Å²) in [7, 11) is 1.48. The van der Waals surface area contributed by atoms with E-state index < -0.39 is 5.91 Å². The van der Waals surface area contributed by atoms with Gasteiger partial charge in [-0.05, 0) is 30.5 Å². The molecule has 0 aromatic heterocycles. The summed E-state index contributed by atoms with van der Waals surface area (Å²) in [6, 6.07) is 13.4. The molecule has 0 fully saturated rings. The van der Waals surface area contributed by atoms with E-state index in [1.807, 2.05) is 6.07 Å². The SMILES string of the molecule is COc1ccc(C(N)=O)c(N=Nc2c(O)c(C(C)=O)cc3ccccc23)c1. The number of benzene rings is 3. The largest absolute Gasteiger partial charge is 0.505 e. The maximum absolute atomic E-state index is 11.9. The fourth-order valence-corrected chi connectivity index (χ4v) is 2.72. The van der Waals surface area contributed by atoms with Crippen LogP contribution in [0.3, 0.4) is 0 Å². The predicted molar refractivity (Wildman–Crippen MR) is 101 cm³/mol. The minimum absolute atomic E-state index is 0.136. The van der Waals surface area contributed by atoms with Crippen molar-refractivity contribution in [2.24, 2.45) is 16.0 Å². The van der Waals surface area contributed by atoms with Crippen molar-refractivity contribution in [2.75, 3.05) is 7.11 Å². The van der Waals surface area contributed by atoms with E-state index in [4.69, 9.17) is 10.5 Å². The molecule has 0 saturated carbocycles. The number of amides is 1. The monoisotopic (exact) mass is 363 g/mol. The molecular formula is C20H17N3O4. The van der Waals surface area contributed by atoms with Gasteiger partial charge in [-0.1, -0.05) is 24.3 Å². The Morgan fingerprint density at radius 2 is 1.78 bits per heavy atom. The van der Waals surface area contributed by atoms with E-state index in [1.165, 1.54) is 26.2 Å². The van der Waals surface area contributed by atoms with E-state index in [9.17, 15) is 14.7 Å². The molecule has 3 aromatic carbocycles. The van der Waals surface area contributed by atoms with Crippen LogP contribution in [0, 0.1) is 0 Å². The lowest BCUT2D eigenvalue weighted by Gasteiger charge is -2.09. The first-order chi connectivity index (χ1) is 12.9. The number of hydrogen-bond acceptors (Lipinski definition) is 6. The van der Waals surface area contributed by atoms with Crippen LogP contribution in [0.5, 0.6) is 11.5 Å². The number of fused-ring (bicyclic) bond motifs is 1. The van der Waals surface area contributed by atoms with Gasteiger partial charge >= 0.3 is 0 Å². The third-order valence-corrected chi connectivity index (χ3v) is 4.10. The van der Waals surface area contributed by atoms with Crippen LogP contribution in [-0.2, 0) is 0 Å². The fraction of sp³-hybridized carbons (Fsp3) is 0.100. The molecule has 0 bridgehead atoms. The minimum Gasteiger partial charge on any atom is -0.505 e. The highest BCUT2D eigenvalue weighted by atomic mass is 16.5. The molecule has 3 N–H and O–H groups in total. The Bertz CT molecular complexity index is 1090. The molecule has 0 heterocycles. The van der Waals surface area contributed by atoms with Crippen LogP contribution >= 0.6 is 0 Å². The number of carbonyl (C=O) groups is 2. The first-order valence-electron chi connectivity index (χ1n) is 8.07. The lowest BCUT2D eigenvalue weighted by molar-refractivity contribution is 0.0996. The molecule has 3 aromatic rings. The third kappa shape index (κ3) is 3.48. The maximum atomic E-state index is 11.9. The number of rotatable bonds is 5. The summed E-state index contributed by atoms with van der Waals surface area (Å²) < 4.78 is 5.14. The van der Waals surface area contributed by atoms with Gasteiger partial charge < -0.3 is 15.6 Å². The Hall–Kier alpha value is -3.74. The van der Waals surface area contributed by atoms with Gasteiger partial charge in [0.05, 0.1) is 18.2 Å². The van der Waals surface area contributed by atoms with E-state index >= 15 is 0 Å². The molecule has 0 aliphatic carbocycles. The average Bonchev–Trinajstić information content (AvgIpc) is 2.66. The van der Waals surface area contributed by atoms with Gasteiger partial charge in [0.2, 0.25) is 0 Å². The summed E-state index contributed by atoms with van der Waals surface area (Å²) in [5, 5.41) is 20.1. The smallest absolute Gasteiger partial charge is 0.250 e. The molecule has 1 amide bonds. The van der Waals surface area contributed by atoms with Crippen LogP contribution in [0.15, 0.2) is 58.8 Å². The number of nitrogens with zero attached hydrogens (tertiary/aromatic N) is 2. The first kappa shape index (κ1) is 18.1. The molecule has 0 unspecified atom stereocenters. The number of aromatic hydroxyl groups is 1. The number of carbonyl (C=O) groups excluding carboxylic acids is 2. The Kier molecular flexibility index (Phi) is 4.85. The first-order valence-corrected chi connectivity index (χ1v) is 8.07. The van der Waals surface area contributed by atoms with Gasteiger partial charge in [-0.2, -0.15) is 0 Å². The van der Waals surface area contributed by atoms with Crippen molar-refractivity contribution in [3.63, 3.8) is 0 Å². The lowest BCUT2D eigenvalue weighted by Crippen LogP contribution is -2.10. The number of phenols is 1. The van der Waals surface area contributed by atoms with Gasteiger partial charge in [-0.25, -0.2) is 0 Å². The number of Topliss-reactive ketones (excluding diaryl/α,β-unsaturated/α-hetero) is 1. The van der Waals surface area contributed by atoms with Crippen LogP contribution in [0.25, 0.3) is 10.8 Å². The fourth-order valence-electron chi connectivity index (χ4n) is 2.72. The Morgan fingerprint density at radius 3 is 2.44 bits per heavy atom. The van der Waals surface area contributed by atoms with Crippen molar-refractivity contribution in [2.45, 2.75) is 6.92 Å². The Morgan fingerprint density at radius 1 is 1.04 bits per heavy atom. The summed E-state index contributed by atoms with van der Waals surface area (Å²) in [6.45, 7) is 1.36. The molecule has 7 nitrogen and oxygen atoms in total. The van der Waals surface area contributed by atoms with Crippen LogP contribution in [0.4, 0.5) is 11.4 Å². The third-order valence-electron chi connectivity index (χ3n) is 4.10. The summed E-state index contributed by atoms with van der Waals surface area (Å²) in [5.41, 5.74) is 6.01. The molecule has 0 aliphatic heterocycles. The topological polar surface area (TPSA) is 114 Å². The quantitative estimate of drug-likeness (QED) is 0.520. The molecular weight excluding hydrogens is 346 g/mol. The summed E-state index contributed by atoms with van der Waals surface area (Å²) in [4.78, 5) is 23.5. The zero-order valence-corrected chi connectivity index (χ0v) is 14.8. The molecule has 0 radical (unpaired) electrons. The van der Waals surface area contributed by atoms with Crippen molar-refractivity contribution in [3.05, 3.63) is 59.7 Å². The van der Waals surface area contributed by atoms with E-state index in [0.717, 1.165) is 5.39 Å². The number of nitrogens with two attached hydrogens (primary N) is 1. The van der Waals surface area contributed by atoms with Crippen LogP contribution in [0.2, 0.25) is 0 Å². The van der Waals surface area contributed by atoms with Gasteiger partial charge in [0.15, 0.2) is 11.5 Å². The van der Waals surface area contributed by atoms with Gasteiger partial charge in [0, 0.05) is 11.5 Å². The zero-order valence-electron chi connectivity index (χ0n) is 14.8. The number of azo groups is 1. The second-order valence-corrected chi connectivity index (χ2v) is 5.85. The molecule has 27 heavy (non-hydrogen) atoms. The highest BCUT2D eigenvalue weighted by Gasteiger charge is 2.16. The molecule has 136 valence electrons. The number of hydrogen-bond donors (Lipinski definition) is 2.